The molecule has 0 saturated heterocycles. The van der Waals surface area contributed by atoms with Crippen LogP contribution in [0.3, 0.4) is 0 Å². The van der Waals surface area contributed by atoms with Crippen molar-refractivity contribution in [3.05, 3.63) is 46.4 Å². The molecule has 7 heteroatoms. The lowest BCUT2D eigenvalue weighted by molar-refractivity contribution is 0.102. The maximum Gasteiger partial charge on any atom is 0.270 e. The van der Waals surface area contributed by atoms with Gasteiger partial charge < -0.3 is 0 Å². The number of carbonyl (C=O) groups excluding carboxylic acids is 1. The second kappa shape index (κ2) is 5.61. The molecular weight excluding hydrogens is 334 g/mol. The van der Waals surface area contributed by atoms with Crippen LogP contribution in [0.25, 0.3) is 10.8 Å². The van der Waals surface area contributed by atoms with Gasteiger partial charge in [0.2, 0.25) is 0 Å². The summed E-state index contributed by atoms with van der Waals surface area (Å²) >= 11 is 3.49. The number of benzene rings is 2. The number of anilines is 1. The van der Waals surface area contributed by atoms with Gasteiger partial charge in [0.1, 0.15) is 0 Å². The quantitative estimate of drug-likeness (QED) is 0.792. The molecule has 3 rings (SSSR count). The normalized spacial score (nSPS) is 10.8. The number of hydrogen-bond acceptors (Lipinski definition) is 4. The van der Waals surface area contributed by atoms with Crippen molar-refractivity contribution in [2.45, 2.75) is 13.5 Å². The molecule has 0 spiro atoms. The molecule has 0 atom stereocenters. The van der Waals surface area contributed by atoms with Crippen LogP contribution in [0.15, 0.2) is 40.9 Å². The minimum absolute atomic E-state index is 0.203. The topological polar surface area (TPSA) is 72.7 Å². The van der Waals surface area contributed by atoms with Crippen LogP contribution in [0, 0.1) is 0 Å². The Labute approximate surface area is 129 Å². The summed E-state index contributed by atoms with van der Waals surface area (Å²) in [6.45, 7) is 2.50. The van der Waals surface area contributed by atoms with E-state index < -0.39 is 0 Å². The van der Waals surface area contributed by atoms with Crippen LogP contribution < -0.4 is 5.32 Å². The average Bonchev–Trinajstić information content (AvgIpc) is 2.95. The third kappa shape index (κ3) is 2.64. The van der Waals surface area contributed by atoms with Crippen LogP contribution in [0.4, 0.5) is 5.95 Å². The average molecular weight is 346 g/mol. The van der Waals surface area contributed by atoms with E-state index in [1.54, 1.807) is 6.07 Å². The maximum absolute atomic E-state index is 12.4. The number of halogens is 1. The van der Waals surface area contributed by atoms with Gasteiger partial charge in [-0.15, -0.1) is 5.10 Å². The number of carbonyl (C=O) groups is 1. The Morgan fingerprint density at radius 2 is 2.00 bits per heavy atom. The summed E-state index contributed by atoms with van der Waals surface area (Å²) < 4.78 is 0.949. The number of aryl methyl sites for hydroxylation is 1. The van der Waals surface area contributed by atoms with Crippen LogP contribution in [-0.4, -0.2) is 26.1 Å². The minimum atomic E-state index is -0.255. The molecule has 0 radical (unpaired) electrons. The highest BCUT2D eigenvalue weighted by Gasteiger charge is 2.13. The zero-order valence-corrected chi connectivity index (χ0v) is 12.8. The van der Waals surface area contributed by atoms with Crippen LogP contribution in [0.2, 0.25) is 0 Å². The smallest absolute Gasteiger partial charge is 0.270 e. The Morgan fingerprint density at radius 1 is 1.24 bits per heavy atom. The lowest BCUT2D eigenvalue weighted by atomic mass is 10.0. The van der Waals surface area contributed by atoms with Crippen molar-refractivity contribution in [2.75, 3.05) is 5.32 Å². The van der Waals surface area contributed by atoms with Gasteiger partial charge in [0, 0.05) is 10.0 Å². The van der Waals surface area contributed by atoms with E-state index in [9.17, 15) is 4.79 Å². The SMILES string of the molecule is CCn1nnc(NC(=O)c2cccc3c(Br)cccc23)n1. The molecule has 2 aromatic carbocycles. The van der Waals surface area contributed by atoms with Crippen molar-refractivity contribution in [2.24, 2.45) is 0 Å². The number of hydrogen-bond donors (Lipinski definition) is 1. The van der Waals surface area contributed by atoms with Crippen LogP contribution in [0.5, 0.6) is 0 Å². The zero-order valence-electron chi connectivity index (χ0n) is 11.2. The summed E-state index contributed by atoms with van der Waals surface area (Å²) in [6.07, 6.45) is 0. The fourth-order valence-electron chi connectivity index (χ4n) is 2.07. The van der Waals surface area contributed by atoms with Crippen molar-refractivity contribution in [1.82, 2.24) is 20.2 Å². The van der Waals surface area contributed by atoms with Crippen molar-refractivity contribution in [1.29, 1.82) is 0 Å². The standard InChI is InChI=1S/C14H12BrN5O/c1-2-20-18-14(17-19-20)16-13(21)11-7-3-6-10-9(11)5-4-8-12(10)15/h3-8H,2H2,1H3,(H,16,18,21). The van der Waals surface area contributed by atoms with E-state index in [4.69, 9.17) is 0 Å². The number of aromatic nitrogens is 4. The molecule has 1 heterocycles. The predicted molar refractivity (Wildman–Crippen MR) is 83.1 cm³/mol. The van der Waals surface area contributed by atoms with Crippen LogP contribution in [-0.2, 0) is 6.54 Å². The molecule has 0 unspecified atom stereocenters. The van der Waals surface area contributed by atoms with Gasteiger partial charge in [0.15, 0.2) is 0 Å². The summed E-state index contributed by atoms with van der Waals surface area (Å²) in [5.41, 5.74) is 0.571. The van der Waals surface area contributed by atoms with Gasteiger partial charge in [-0.25, -0.2) is 0 Å². The second-order valence-corrected chi connectivity index (χ2v) is 5.25. The van der Waals surface area contributed by atoms with Crippen molar-refractivity contribution in [3.8, 4) is 0 Å². The van der Waals surface area contributed by atoms with Crippen molar-refractivity contribution >= 4 is 38.6 Å². The molecule has 21 heavy (non-hydrogen) atoms. The Bertz CT molecular complexity index is 814. The molecule has 6 nitrogen and oxygen atoms in total. The molecular formula is C14H12BrN5O. The molecule has 0 saturated carbocycles. The second-order valence-electron chi connectivity index (χ2n) is 4.40. The number of nitrogens with one attached hydrogen (secondary N) is 1. The Hall–Kier alpha value is -2.28. The lowest BCUT2D eigenvalue weighted by Gasteiger charge is -2.06. The molecule has 1 aromatic heterocycles. The monoisotopic (exact) mass is 345 g/mol. The summed E-state index contributed by atoms with van der Waals surface area (Å²) in [5, 5.41) is 16.2. The largest absolute Gasteiger partial charge is 0.288 e. The molecule has 1 N–H and O–H groups in total. The van der Waals surface area contributed by atoms with Crippen LogP contribution >= 0.6 is 15.9 Å². The van der Waals surface area contributed by atoms with E-state index in [-0.39, 0.29) is 11.9 Å². The van der Waals surface area contributed by atoms with Gasteiger partial charge in [-0.05, 0) is 35.0 Å². The van der Waals surface area contributed by atoms with Gasteiger partial charge in [-0.3, -0.25) is 10.1 Å². The highest BCUT2D eigenvalue weighted by molar-refractivity contribution is 9.10. The van der Waals surface area contributed by atoms with Crippen LogP contribution in [0.1, 0.15) is 17.3 Å². The van der Waals surface area contributed by atoms with Gasteiger partial charge in [0.25, 0.3) is 11.9 Å². The highest BCUT2D eigenvalue weighted by atomic mass is 79.9. The van der Waals surface area contributed by atoms with Gasteiger partial charge >= 0.3 is 0 Å². The predicted octanol–water partition coefficient (Wildman–Crippen LogP) is 2.86. The summed E-state index contributed by atoms with van der Waals surface area (Å²) in [7, 11) is 0. The number of nitrogens with zero attached hydrogens (tertiary/aromatic N) is 4. The Kier molecular flexibility index (Phi) is 3.66. The first-order valence-electron chi connectivity index (χ1n) is 6.45. The third-order valence-corrected chi connectivity index (χ3v) is 3.77. The molecule has 1 amide bonds. The first kappa shape index (κ1) is 13.7. The summed E-state index contributed by atoms with van der Waals surface area (Å²) in [6, 6.07) is 11.3. The summed E-state index contributed by atoms with van der Waals surface area (Å²) in [4.78, 5) is 13.8. The van der Waals surface area contributed by atoms with E-state index in [2.05, 4.69) is 36.7 Å². The maximum atomic E-state index is 12.4. The van der Waals surface area contributed by atoms with E-state index in [1.165, 1.54) is 4.80 Å². The highest BCUT2D eigenvalue weighted by Crippen LogP contribution is 2.26. The summed E-state index contributed by atoms with van der Waals surface area (Å²) in [5.74, 6) is -0.0526. The molecule has 0 aliphatic heterocycles. The Morgan fingerprint density at radius 3 is 2.76 bits per heavy atom. The number of amides is 1. The number of tetrazole rings is 1. The van der Waals surface area contributed by atoms with Gasteiger partial charge in [-0.1, -0.05) is 45.3 Å². The van der Waals surface area contributed by atoms with Crippen molar-refractivity contribution in [3.63, 3.8) is 0 Å². The first-order valence-corrected chi connectivity index (χ1v) is 7.24. The molecule has 0 aliphatic carbocycles. The molecule has 0 aliphatic rings. The number of rotatable bonds is 3. The number of fused-ring (bicyclic) bond motifs is 1. The molecule has 106 valence electrons. The first-order chi connectivity index (χ1) is 10.2. The fraction of sp³-hybridized carbons (Fsp3) is 0.143. The fourth-order valence-corrected chi connectivity index (χ4v) is 2.56. The molecule has 3 aromatic rings. The van der Waals surface area contributed by atoms with E-state index >= 15 is 0 Å². The van der Waals surface area contributed by atoms with Gasteiger partial charge in [-0.2, -0.15) is 4.80 Å². The minimum Gasteiger partial charge on any atom is -0.288 e. The third-order valence-electron chi connectivity index (χ3n) is 3.07. The van der Waals surface area contributed by atoms with E-state index in [0.717, 1.165) is 15.2 Å². The molecule has 0 fully saturated rings. The van der Waals surface area contributed by atoms with Gasteiger partial charge in [0.05, 0.1) is 6.54 Å². The van der Waals surface area contributed by atoms with E-state index in [0.29, 0.717) is 12.1 Å². The Balaban J connectivity index is 1.96. The van der Waals surface area contributed by atoms with E-state index in [1.807, 2.05) is 37.3 Å². The van der Waals surface area contributed by atoms with Crippen molar-refractivity contribution < 1.29 is 4.79 Å². The zero-order chi connectivity index (χ0) is 14.8. The molecule has 0 bridgehead atoms. The lowest BCUT2D eigenvalue weighted by Crippen LogP contribution is -2.13.